The van der Waals surface area contributed by atoms with Crippen molar-refractivity contribution in [1.82, 2.24) is 9.38 Å². The number of nitrogens with zero attached hydrogens (tertiary/aromatic N) is 3. The lowest BCUT2D eigenvalue weighted by Gasteiger charge is -2.22. The molecule has 6 nitrogen and oxygen atoms in total. The van der Waals surface area contributed by atoms with Gasteiger partial charge in [0, 0.05) is 30.7 Å². The molecule has 0 bridgehead atoms. The van der Waals surface area contributed by atoms with Crippen LogP contribution in [0.3, 0.4) is 0 Å². The van der Waals surface area contributed by atoms with Gasteiger partial charge in [-0.25, -0.2) is 4.98 Å². The van der Waals surface area contributed by atoms with Crippen molar-refractivity contribution in [2.24, 2.45) is 0 Å². The number of rotatable bonds is 7. The summed E-state index contributed by atoms with van der Waals surface area (Å²) in [6.07, 6.45) is 1.84. The van der Waals surface area contributed by atoms with Gasteiger partial charge in [-0.05, 0) is 70.5 Å². The number of hydrogen-bond acceptors (Lipinski definition) is 4. The monoisotopic (exact) mass is 380 g/mol. The number of carbonyl (C=O) groups is 1. The quantitative estimate of drug-likeness (QED) is 0.658. The minimum Gasteiger partial charge on any atom is -0.490 e. The maximum atomic E-state index is 13.0. The highest BCUT2D eigenvalue weighted by Crippen LogP contribution is 2.25. The van der Waals surface area contributed by atoms with Crippen LogP contribution in [0.5, 0.6) is 5.75 Å². The topological polar surface area (TPSA) is 58.9 Å². The number of ether oxygens (including phenoxy) is 1. The molecular formula is C22H28N4O2. The van der Waals surface area contributed by atoms with Gasteiger partial charge >= 0.3 is 0 Å². The second-order valence-electron chi connectivity index (χ2n) is 6.67. The highest BCUT2D eigenvalue weighted by atomic mass is 16.5. The molecule has 28 heavy (non-hydrogen) atoms. The van der Waals surface area contributed by atoms with Crippen LogP contribution in [0, 0.1) is 13.8 Å². The molecule has 0 aliphatic heterocycles. The molecule has 6 heteroatoms. The average molecular weight is 380 g/mol. The fourth-order valence-corrected chi connectivity index (χ4v) is 3.45. The Morgan fingerprint density at radius 1 is 1.18 bits per heavy atom. The largest absolute Gasteiger partial charge is 0.490 e. The maximum absolute atomic E-state index is 13.0. The first-order valence-corrected chi connectivity index (χ1v) is 9.77. The number of benzene rings is 1. The molecule has 0 unspecified atom stereocenters. The Kier molecular flexibility index (Phi) is 5.87. The highest BCUT2D eigenvalue weighted by Gasteiger charge is 2.19. The van der Waals surface area contributed by atoms with Crippen molar-refractivity contribution in [2.75, 3.05) is 29.9 Å². The smallest absolute Gasteiger partial charge is 0.274 e. The van der Waals surface area contributed by atoms with Gasteiger partial charge in [-0.15, -0.1) is 0 Å². The Morgan fingerprint density at radius 3 is 2.57 bits per heavy atom. The lowest BCUT2D eigenvalue weighted by Crippen LogP contribution is -2.22. The number of nitrogens with one attached hydrogen (secondary N) is 1. The number of aryl methyl sites for hydroxylation is 2. The zero-order valence-electron chi connectivity index (χ0n) is 17.2. The van der Waals surface area contributed by atoms with Gasteiger partial charge in [0.1, 0.15) is 5.69 Å². The second kappa shape index (κ2) is 8.33. The Balaban J connectivity index is 1.92. The van der Waals surface area contributed by atoms with Gasteiger partial charge in [0.15, 0.2) is 11.4 Å². The molecule has 0 radical (unpaired) electrons. The molecule has 1 aromatic carbocycles. The predicted molar refractivity (Wildman–Crippen MR) is 114 cm³/mol. The van der Waals surface area contributed by atoms with E-state index < -0.39 is 0 Å². The van der Waals surface area contributed by atoms with E-state index in [0.29, 0.717) is 29.4 Å². The highest BCUT2D eigenvalue weighted by molar-refractivity contribution is 6.05. The Morgan fingerprint density at radius 2 is 1.93 bits per heavy atom. The average Bonchev–Trinajstić information content (AvgIpc) is 3.02. The van der Waals surface area contributed by atoms with E-state index in [9.17, 15) is 4.79 Å². The van der Waals surface area contributed by atoms with E-state index in [4.69, 9.17) is 4.74 Å². The third kappa shape index (κ3) is 3.67. The van der Waals surface area contributed by atoms with Gasteiger partial charge in [-0.3, -0.25) is 9.20 Å². The van der Waals surface area contributed by atoms with Crippen LogP contribution in [0.1, 0.15) is 42.5 Å². The summed E-state index contributed by atoms with van der Waals surface area (Å²) in [6.45, 7) is 12.5. The SMILES string of the molecule is CCOc1cccn2c(C(=O)Nc3ccc(N(CC)CC)cc3C)c(C)nc12. The first-order valence-electron chi connectivity index (χ1n) is 9.77. The summed E-state index contributed by atoms with van der Waals surface area (Å²) in [5.74, 6) is 0.490. The Hall–Kier alpha value is -3.02. The zero-order valence-corrected chi connectivity index (χ0v) is 17.2. The number of fused-ring (bicyclic) bond motifs is 1. The number of imidazole rings is 1. The fraction of sp³-hybridized carbons (Fsp3) is 0.364. The molecule has 2 aromatic heterocycles. The third-order valence-electron chi connectivity index (χ3n) is 4.89. The zero-order chi connectivity index (χ0) is 20.3. The summed E-state index contributed by atoms with van der Waals surface area (Å²) in [6, 6.07) is 9.84. The molecule has 0 fully saturated rings. The second-order valence-corrected chi connectivity index (χ2v) is 6.67. The molecular weight excluding hydrogens is 352 g/mol. The van der Waals surface area contributed by atoms with Crippen molar-refractivity contribution in [3.8, 4) is 5.75 Å². The summed E-state index contributed by atoms with van der Waals surface area (Å²) in [4.78, 5) is 19.9. The van der Waals surface area contributed by atoms with Crippen LogP contribution in [0.2, 0.25) is 0 Å². The molecule has 0 aliphatic carbocycles. The van der Waals surface area contributed by atoms with E-state index in [1.807, 2.05) is 51.2 Å². The molecule has 3 rings (SSSR count). The van der Waals surface area contributed by atoms with E-state index in [1.54, 1.807) is 4.40 Å². The van der Waals surface area contributed by atoms with Crippen molar-refractivity contribution in [3.63, 3.8) is 0 Å². The summed E-state index contributed by atoms with van der Waals surface area (Å²) in [7, 11) is 0. The van der Waals surface area contributed by atoms with Crippen LogP contribution >= 0.6 is 0 Å². The van der Waals surface area contributed by atoms with Crippen LogP contribution in [0.4, 0.5) is 11.4 Å². The standard InChI is InChI=1S/C22H28N4O2/c1-6-25(7-2)17-11-12-18(15(4)14-17)24-22(27)20-16(5)23-21-19(28-8-3)10-9-13-26(20)21/h9-14H,6-8H2,1-5H3,(H,24,27). The van der Waals surface area contributed by atoms with Crippen molar-refractivity contribution in [1.29, 1.82) is 0 Å². The lowest BCUT2D eigenvalue weighted by atomic mass is 10.1. The van der Waals surface area contributed by atoms with Gasteiger partial charge in [0.25, 0.3) is 5.91 Å². The minimum absolute atomic E-state index is 0.183. The molecule has 0 atom stereocenters. The van der Waals surface area contributed by atoms with Gasteiger partial charge in [-0.1, -0.05) is 0 Å². The van der Waals surface area contributed by atoms with Crippen molar-refractivity contribution < 1.29 is 9.53 Å². The number of amides is 1. The Bertz CT molecular complexity index is 990. The third-order valence-corrected chi connectivity index (χ3v) is 4.89. The van der Waals surface area contributed by atoms with Crippen LogP contribution < -0.4 is 15.0 Å². The van der Waals surface area contributed by atoms with E-state index in [-0.39, 0.29) is 5.91 Å². The molecule has 148 valence electrons. The molecule has 0 saturated carbocycles. The van der Waals surface area contributed by atoms with Crippen molar-refractivity contribution in [2.45, 2.75) is 34.6 Å². The summed E-state index contributed by atoms with van der Waals surface area (Å²) >= 11 is 0. The van der Waals surface area contributed by atoms with Crippen molar-refractivity contribution in [3.05, 3.63) is 53.5 Å². The number of anilines is 2. The van der Waals surface area contributed by atoms with Crippen LogP contribution in [-0.2, 0) is 0 Å². The normalized spacial score (nSPS) is 10.9. The van der Waals surface area contributed by atoms with E-state index in [1.165, 1.54) is 0 Å². The number of carbonyl (C=O) groups excluding carboxylic acids is 1. The summed E-state index contributed by atoms with van der Waals surface area (Å²) in [5.41, 5.74) is 4.83. The number of hydrogen-bond donors (Lipinski definition) is 1. The van der Waals surface area contributed by atoms with Crippen LogP contribution in [0.15, 0.2) is 36.5 Å². The number of pyridine rings is 1. The van der Waals surface area contributed by atoms with Crippen LogP contribution in [0.25, 0.3) is 5.65 Å². The molecule has 2 heterocycles. The first-order chi connectivity index (χ1) is 13.5. The molecule has 0 saturated heterocycles. The summed E-state index contributed by atoms with van der Waals surface area (Å²) in [5, 5.41) is 3.04. The number of aromatic nitrogens is 2. The molecule has 0 spiro atoms. The van der Waals surface area contributed by atoms with Crippen LogP contribution in [-0.4, -0.2) is 35.0 Å². The van der Waals surface area contributed by atoms with Crippen molar-refractivity contribution >= 4 is 22.9 Å². The predicted octanol–water partition coefficient (Wildman–Crippen LogP) is 4.45. The van der Waals surface area contributed by atoms with Gasteiger partial charge < -0.3 is 15.0 Å². The lowest BCUT2D eigenvalue weighted by molar-refractivity contribution is 0.102. The van der Waals surface area contributed by atoms with E-state index in [0.717, 1.165) is 30.0 Å². The fourth-order valence-electron chi connectivity index (χ4n) is 3.45. The summed E-state index contributed by atoms with van der Waals surface area (Å²) < 4.78 is 7.43. The van der Waals surface area contributed by atoms with E-state index >= 15 is 0 Å². The van der Waals surface area contributed by atoms with Gasteiger partial charge in [0.2, 0.25) is 0 Å². The maximum Gasteiger partial charge on any atom is 0.274 e. The van der Waals surface area contributed by atoms with Gasteiger partial charge in [-0.2, -0.15) is 0 Å². The first kappa shape index (κ1) is 19.7. The molecule has 0 aliphatic rings. The minimum atomic E-state index is -0.183. The molecule has 1 N–H and O–H groups in total. The molecule has 1 amide bonds. The van der Waals surface area contributed by atoms with E-state index in [2.05, 4.69) is 35.1 Å². The van der Waals surface area contributed by atoms with Gasteiger partial charge in [0.05, 0.1) is 12.3 Å². The Labute approximate surface area is 166 Å². The molecule has 3 aromatic rings.